The van der Waals surface area contributed by atoms with Gasteiger partial charge >= 0.3 is 5.97 Å². The fourth-order valence-electron chi connectivity index (χ4n) is 1.96. The molecule has 0 fully saturated rings. The third-order valence-corrected chi connectivity index (χ3v) is 3.71. The Morgan fingerprint density at radius 2 is 1.62 bits per heavy atom. The number of benzene rings is 2. The SMILES string of the molecule is Cc1ccc(C=CC(=O)Oc2cc(C)c(Cl)c(C)c2)cc1. The van der Waals surface area contributed by atoms with Crippen LogP contribution < -0.4 is 4.74 Å². The van der Waals surface area contributed by atoms with Crippen molar-refractivity contribution in [3.05, 3.63) is 69.8 Å². The maximum atomic E-state index is 11.8. The highest BCUT2D eigenvalue weighted by Gasteiger charge is 2.06. The Morgan fingerprint density at radius 3 is 2.19 bits per heavy atom. The molecule has 2 aromatic carbocycles. The van der Waals surface area contributed by atoms with Gasteiger partial charge in [-0.15, -0.1) is 0 Å². The summed E-state index contributed by atoms with van der Waals surface area (Å²) in [5, 5.41) is 0.699. The molecule has 0 atom stereocenters. The first kappa shape index (κ1) is 15.3. The van der Waals surface area contributed by atoms with Crippen LogP contribution in [0.15, 0.2) is 42.5 Å². The minimum Gasteiger partial charge on any atom is -0.423 e. The average molecular weight is 301 g/mol. The normalized spacial score (nSPS) is 10.9. The molecule has 3 heteroatoms. The highest BCUT2D eigenvalue weighted by molar-refractivity contribution is 6.32. The van der Waals surface area contributed by atoms with Crippen LogP contribution in [-0.2, 0) is 4.79 Å². The molecule has 0 aliphatic carbocycles. The summed E-state index contributed by atoms with van der Waals surface area (Å²) >= 11 is 6.09. The fourth-order valence-corrected chi connectivity index (χ4v) is 2.07. The molecule has 2 rings (SSSR count). The maximum absolute atomic E-state index is 11.8. The number of ether oxygens (including phenoxy) is 1. The number of esters is 1. The van der Waals surface area contributed by atoms with Crippen LogP contribution in [-0.4, -0.2) is 5.97 Å². The molecule has 0 bridgehead atoms. The second kappa shape index (κ2) is 6.59. The minimum absolute atomic E-state index is 0.406. The van der Waals surface area contributed by atoms with Crippen molar-refractivity contribution >= 4 is 23.6 Å². The molecule has 0 unspecified atom stereocenters. The number of halogens is 1. The number of hydrogen-bond acceptors (Lipinski definition) is 2. The number of carbonyl (C=O) groups excluding carboxylic acids is 1. The van der Waals surface area contributed by atoms with Crippen molar-refractivity contribution < 1.29 is 9.53 Å². The highest BCUT2D eigenvalue weighted by atomic mass is 35.5. The third-order valence-electron chi connectivity index (χ3n) is 3.12. The Hall–Kier alpha value is -2.06. The van der Waals surface area contributed by atoms with Crippen LogP contribution in [0.4, 0.5) is 0 Å². The fraction of sp³-hybridized carbons (Fsp3) is 0.167. The van der Waals surface area contributed by atoms with E-state index in [0.717, 1.165) is 16.7 Å². The quantitative estimate of drug-likeness (QED) is 0.458. The molecule has 0 aliphatic rings. The minimum atomic E-state index is -0.406. The monoisotopic (exact) mass is 300 g/mol. The molecule has 21 heavy (non-hydrogen) atoms. The lowest BCUT2D eigenvalue weighted by Crippen LogP contribution is -2.04. The first-order chi connectivity index (χ1) is 9.95. The molecular formula is C18H17ClO2. The molecule has 0 heterocycles. The molecule has 0 aliphatic heterocycles. The van der Waals surface area contributed by atoms with Gasteiger partial charge in [-0.05, 0) is 55.7 Å². The Bertz CT molecular complexity index is 662. The van der Waals surface area contributed by atoms with E-state index in [1.165, 1.54) is 11.6 Å². The zero-order valence-electron chi connectivity index (χ0n) is 12.3. The van der Waals surface area contributed by atoms with Crippen molar-refractivity contribution in [2.75, 3.05) is 0 Å². The maximum Gasteiger partial charge on any atom is 0.336 e. The third kappa shape index (κ3) is 4.20. The summed E-state index contributed by atoms with van der Waals surface area (Å²) < 4.78 is 5.29. The second-order valence-electron chi connectivity index (χ2n) is 5.04. The number of aryl methyl sites for hydroxylation is 3. The van der Waals surface area contributed by atoms with Crippen molar-refractivity contribution in [1.82, 2.24) is 0 Å². The molecule has 0 saturated carbocycles. The van der Waals surface area contributed by atoms with Crippen molar-refractivity contribution in [2.45, 2.75) is 20.8 Å². The van der Waals surface area contributed by atoms with Crippen LogP contribution in [0.5, 0.6) is 5.75 Å². The van der Waals surface area contributed by atoms with Gasteiger partial charge in [0.15, 0.2) is 0 Å². The van der Waals surface area contributed by atoms with Crippen LogP contribution in [0.3, 0.4) is 0 Å². The van der Waals surface area contributed by atoms with Crippen LogP contribution in [0, 0.1) is 20.8 Å². The highest BCUT2D eigenvalue weighted by Crippen LogP contribution is 2.26. The van der Waals surface area contributed by atoms with E-state index in [1.807, 2.05) is 45.0 Å². The van der Waals surface area contributed by atoms with Gasteiger partial charge in [0.1, 0.15) is 5.75 Å². The lowest BCUT2D eigenvalue weighted by atomic mass is 10.1. The predicted molar refractivity (Wildman–Crippen MR) is 86.8 cm³/mol. The topological polar surface area (TPSA) is 26.3 Å². The van der Waals surface area contributed by atoms with Gasteiger partial charge < -0.3 is 4.74 Å². The van der Waals surface area contributed by atoms with Gasteiger partial charge in [-0.3, -0.25) is 0 Å². The van der Waals surface area contributed by atoms with Crippen molar-refractivity contribution in [2.24, 2.45) is 0 Å². The molecule has 0 amide bonds. The van der Waals surface area contributed by atoms with E-state index in [4.69, 9.17) is 16.3 Å². The first-order valence-corrected chi connectivity index (χ1v) is 7.07. The van der Waals surface area contributed by atoms with Crippen molar-refractivity contribution in [3.8, 4) is 5.75 Å². The zero-order valence-corrected chi connectivity index (χ0v) is 13.1. The lowest BCUT2D eigenvalue weighted by Gasteiger charge is -2.07. The zero-order chi connectivity index (χ0) is 15.4. The Morgan fingerprint density at radius 1 is 1.05 bits per heavy atom. The van der Waals surface area contributed by atoms with E-state index in [0.29, 0.717) is 10.8 Å². The number of carbonyl (C=O) groups is 1. The standard InChI is InChI=1S/C18H17ClO2/c1-12-4-6-15(7-5-12)8-9-17(20)21-16-10-13(2)18(19)14(3)11-16/h4-11H,1-3H3. The molecule has 108 valence electrons. The average Bonchev–Trinajstić information content (AvgIpc) is 2.44. The Labute approximate surface area is 130 Å². The molecule has 0 radical (unpaired) electrons. The number of rotatable bonds is 3. The molecule has 0 saturated heterocycles. The second-order valence-corrected chi connectivity index (χ2v) is 5.41. The molecular weight excluding hydrogens is 284 g/mol. The van der Waals surface area contributed by atoms with Crippen LogP contribution in [0.2, 0.25) is 5.02 Å². The summed E-state index contributed by atoms with van der Waals surface area (Å²) in [6, 6.07) is 11.4. The molecule has 0 aromatic heterocycles. The van der Waals surface area contributed by atoms with Gasteiger partial charge in [0.05, 0.1) is 0 Å². The van der Waals surface area contributed by atoms with Gasteiger partial charge in [0.25, 0.3) is 0 Å². The van der Waals surface area contributed by atoms with E-state index >= 15 is 0 Å². The summed E-state index contributed by atoms with van der Waals surface area (Å²) in [5.41, 5.74) is 3.92. The van der Waals surface area contributed by atoms with E-state index in [1.54, 1.807) is 18.2 Å². The lowest BCUT2D eigenvalue weighted by molar-refractivity contribution is -0.128. The predicted octanol–water partition coefficient (Wildman–Crippen LogP) is 4.88. The largest absolute Gasteiger partial charge is 0.423 e. The van der Waals surface area contributed by atoms with Crippen LogP contribution >= 0.6 is 11.6 Å². The molecule has 2 nitrogen and oxygen atoms in total. The van der Waals surface area contributed by atoms with Gasteiger partial charge in [0, 0.05) is 11.1 Å². The molecule has 2 aromatic rings. The van der Waals surface area contributed by atoms with Gasteiger partial charge in [-0.25, -0.2) is 4.79 Å². The summed E-state index contributed by atoms with van der Waals surface area (Å²) in [6.07, 6.45) is 3.15. The summed E-state index contributed by atoms with van der Waals surface area (Å²) in [5.74, 6) is 0.102. The Balaban J connectivity index is 2.06. The van der Waals surface area contributed by atoms with Gasteiger partial charge in [-0.2, -0.15) is 0 Å². The molecule has 0 spiro atoms. The van der Waals surface area contributed by atoms with Crippen molar-refractivity contribution in [1.29, 1.82) is 0 Å². The summed E-state index contributed by atoms with van der Waals surface area (Å²) in [6.45, 7) is 5.79. The molecule has 0 N–H and O–H groups in total. The summed E-state index contributed by atoms with van der Waals surface area (Å²) in [4.78, 5) is 11.8. The number of hydrogen-bond donors (Lipinski definition) is 0. The van der Waals surface area contributed by atoms with Crippen LogP contribution in [0.1, 0.15) is 22.3 Å². The van der Waals surface area contributed by atoms with Crippen molar-refractivity contribution in [3.63, 3.8) is 0 Å². The smallest absolute Gasteiger partial charge is 0.336 e. The summed E-state index contributed by atoms with van der Waals surface area (Å²) in [7, 11) is 0. The first-order valence-electron chi connectivity index (χ1n) is 6.69. The van der Waals surface area contributed by atoms with Gasteiger partial charge in [-0.1, -0.05) is 41.4 Å². The van der Waals surface area contributed by atoms with Gasteiger partial charge in [0.2, 0.25) is 0 Å². The van der Waals surface area contributed by atoms with E-state index in [-0.39, 0.29) is 0 Å². The van der Waals surface area contributed by atoms with E-state index in [9.17, 15) is 4.79 Å². The van der Waals surface area contributed by atoms with E-state index < -0.39 is 5.97 Å². The van der Waals surface area contributed by atoms with Crippen LogP contribution in [0.25, 0.3) is 6.08 Å². The Kier molecular flexibility index (Phi) is 4.81. The van der Waals surface area contributed by atoms with E-state index in [2.05, 4.69) is 0 Å².